The maximum atomic E-state index is 7.96. The second-order valence-corrected chi connectivity index (χ2v) is 7.59. The van der Waals surface area contributed by atoms with Gasteiger partial charge in [0.2, 0.25) is 5.69 Å². The third kappa shape index (κ3) is 2.15. The van der Waals surface area contributed by atoms with E-state index in [0.717, 1.165) is 54.0 Å². The van der Waals surface area contributed by atoms with Crippen LogP contribution in [0.5, 0.6) is 0 Å². The number of hydrogen-bond donors (Lipinski definition) is 0. The maximum Gasteiger partial charge on any atom is 0.201 e. The van der Waals surface area contributed by atoms with Gasteiger partial charge >= 0.3 is 0 Å². The van der Waals surface area contributed by atoms with Crippen LogP contribution < -0.4 is 0 Å². The highest BCUT2D eigenvalue weighted by molar-refractivity contribution is 6.41. The fourth-order valence-corrected chi connectivity index (χ4v) is 4.88. The minimum absolute atomic E-state index is 0.115. The van der Waals surface area contributed by atoms with E-state index in [9.17, 15) is 0 Å². The number of fused-ring (bicyclic) bond motifs is 11. The van der Waals surface area contributed by atoms with Crippen LogP contribution in [0.4, 0.5) is 17.1 Å². The number of hydrogen-bond acceptors (Lipinski definition) is 1. The minimum atomic E-state index is 0.115. The summed E-state index contributed by atoms with van der Waals surface area (Å²) in [5, 5.41) is 8.53. The third-order valence-corrected chi connectivity index (χ3v) is 6.12. The Kier molecular flexibility index (Phi) is 3.63. The molecule has 0 aliphatic rings. The fraction of sp³-hybridized carbons (Fsp3) is 0. The quantitative estimate of drug-likeness (QED) is 0.184. The zero-order valence-corrected chi connectivity index (χ0v) is 16.7. The van der Waals surface area contributed by atoms with Crippen molar-refractivity contribution in [3.63, 3.8) is 0 Å². The predicted molar refractivity (Wildman–Crippen MR) is 131 cm³/mol. The molecule has 0 unspecified atom stereocenters. The minimum Gasteiger partial charge on any atom is -0.262 e. The van der Waals surface area contributed by atoms with Crippen molar-refractivity contribution >= 4 is 71.1 Å². The van der Waals surface area contributed by atoms with E-state index in [4.69, 9.17) is 24.7 Å². The van der Waals surface area contributed by atoms with Crippen LogP contribution in [0.25, 0.3) is 68.5 Å². The van der Waals surface area contributed by atoms with Crippen LogP contribution in [0.15, 0.2) is 72.9 Å². The molecule has 6 aromatic rings. The Morgan fingerprint density at radius 2 is 1.12 bits per heavy atom. The number of pyridine rings is 1. The SMILES string of the molecule is [C-]#[N+]c1cc2c3cccnc3c3c4ccccc4c4ccccc4c3c2c([N+]#[C-])c1[N+]#[C-]. The molecule has 0 radical (unpaired) electrons. The van der Waals surface area contributed by atoms with Gasteiger partial charge in [0.1, 0.15) is 0 Å². The molecule has 144 valence electrons. The zero-order valence-electron chi connectivity index (χ0n) is 16.7. The number of benzene rings is 5. The van der Waals surface area contributed by atoms with Gasteiger partial charge in [-0.2, -0.15) is 0 Å². The molecule has 1 heterocycles. The van der Waals surface area contributed by atoms with E-state index < -0.39 is 0 Å². The Morgan fingerprint density at radius 1 is 0.531 bits per heavy atom. The summed E-state index contributed by atoms with van der Waals surface area (Å²) in [6.45, 7) is 23.3. The largest absolute Gasteiger partial charge is 0.262 e. The lowest BCUT2D eigenvalue weighted by Gasteiger charge is -2.17. The summed E-state index contributed by atoms with van der Waals surface area (Å²) in [6.07, 6.45) is 1.77. The van der Waals surface area contributed by atoms with E-state index in [1.54, 1.807) is 12.3 Å². The van der Waals surface area contributed by atoms with Gasteiger partial charge in [0.05, 0.1) is 25.2 Å². The molecule has 4 nitrogen and oxygen atoms in total. The first-order valence-corrected chi connectivity index (χ1v) is 10.0. The summed E-state index contributed by atoms with van der Waals surface area (Å²) in [6, 6.07) is 22.0. The zero-order chi connectivity index (χ0) is 21.8. The lowest BCUT2D eigenvalue weighted by atomic mass is 9.88. The molecule has 0 saturated carbocycles. The van der Waals surface area contributed by atoms with Gasteiger partial charge in [-0.15, -0.1) is 0 Å². The Bertz CT molecular complexity index is 1910. The molecule has 5 aromatic carbocycles. The van der Waals surface area contributed by atoms with Gasteiger partial charge in [0.25, 0.3) is 0 Å². The molecule has 32 heavy (non-hydrogen) atoms. The summed E-state index contributed by atoms with van der Waals surface area (Å²) in [5.74, 6) is 0. The summed E-state index contributed by atoms with van der Waals surface area (Å²) < 4.78 is 0. The van der Waals surface area contributed by atoms with Crippen molar-refractivity contribution in [2.45, 2.75) is 0 Å². The maximum absolute atomic E-state index is 7.96. The first-order valence-electron chi connectivity index (χ1n) is 10.0. The molecule has 0 aliphatic heterocycles. The van der Waals surface area contributed by atoms with Gasteiger partial charge in [0, 0.05) is 17.0 Å². The molecule has 0 fully saturated rings. The molecule has 0 N–H and O–H groups in total. The Labute approximate surface area is 183 Å². The van der Waals surface area contributed by atoms with Crippen molar-refractivity contribution < 1.29 is 0 Å². The summed E-state index contributed by atoms with van der Waals surface area (Å²) in [5.41, 5.74) is 1.39. The monoisotopic (exact) mass is 404 g/mol. The van der Waals surface area contributed by atoms with E-state index >= 15 is 0 Å². The number of nitrogens with zero attached hydrogens (tertiary/aromatic N) is 4. The van der Waals surface area contributed by atoms with E-state index in [-0.39, 0.29) is 17.1 Å². The second kappa shape index (κ2) is 6.51. The third-order valence-electron chi connectivity index (χ3n) is 6.12. The molecule has 6 rings (SSSR count). The highest BCUT2D eigenvalue weighted by Crippen LogP contribution is 2.51. The van der Waals surface area contributed by atoms with Gasteiger partial charge in [-0.3, -0.25) is 19.5 Å². The molecule has 0 spiro atoms. The van der Waals surface area contributed by atoms with Crippen molar-refractivity contribution in [2.24, 2.45) is 0 Å². The van der Waals surface area contributed by atoms with Crippen LogP contribution in [0.3, 0.4) is 0 Å². The van der Waals surface area contributed by atoms with Crippen LogP contribution in [-0.2, 0) is 0 Å². The van der Waals surface area contributed by atoms with Crippen molar-refractivity contribution in [3.05, 3.63) is 107 Å². The van der Waals surface area contributed by atoms with E-state index in [1.165, 1.54) is 0 Å². The Hall–Kier alpha value is -4.98. The van der Waals surface area contributed by atoms with E-state index in [2.05, 4.69) is 38.8 Å². The van der Waals surface area contributed by atoms with Gasteiger partial charge in [-0.25, -0.2) is 0 Å². The molecule has 0 saturated heterocycles. The Balaban J connectivity index is 2.15. The first kappa shape index (κ1) is 17.8. The smallest absolute Gasteiger partial charge is 0.201 e. The normalized spacial score (nSPS) is 11.0. The van der Waals surface area contributed by atoms with E-state index in [0.29, 0.717) is 0 Å². The molecule has 0 amide bonds. The standard InChI is InChI=1S/C28H12N4/c1-29-22-15-21-20-13-8-14-32-26(20)24-19-12-7-5-10-17(19)16-9-4-6-11-18(16)23(24)25(21)28(31-3)27(22)30-2/h4-15H. The van der Waals surface area contributed by atoms with Crippen molar-refractivity contribution in [1.82, 2.24) is 4.98 Å². The summed E-state index contributed by atoms with van der Waals surface area (Å²) >= 11 is 0. The van der Waals surface area contributed by atoms with Crippen molar-refractivity contribution in [2.75, 3.05) is 0 Å². The van der Waals surface area contributed by atoms with Crippen LogP contribution in [0, 0.1) is 19.7 Å². The van der Waals surface area contributed by atoms with Crippen molar-refractivity contribution in [1.29, 1.82) is 0 Å². The average molecular weight is 404 g/mol. The van der Waals surface area contributed by atoms with Gasteiger partial charge in [-0.1, -0.05) is 60.7 Å². The van der Waals surface area contributed by atoms with Gasteiger partial charge in [0.15, 0.2) is 11.4 Å². The molecule has 0 aliphatic carbocycles. The highest BCUT2D eigenvalue weighted by Gasteiger charge is 2.22. The molecule has 1 aromatic heterocycles. The second-order valence-electron chi connectivity index (χ2n) is 7.59. The lowest BCUT2D eigenvalue weighted by molar-refractivity contribution is 1.43. The van der Waals surface area contributed by atoms with Crippen LogP contribution in [0.1, 0.15) is 0 Å². The van der Waals surface area contributed by atoms with Crippen LogP contribution in [0.2, 0.25) is 0 Å². The number of aromatic nitrogens is 1. The lowest BCUT2D eigenvalue weighted by Crippen LogP contribution is -1.90. The van der Waals surface area contributed by atoms with Gasteiger partial charge < -0.3 is 0 Å². The highest BCUT2D eigenvalue weighted by atomic mass is 14.8. The summed E-state index contributed by atoms with van der Waals surface area (Å²) in [7, 11) is 0. The average Bonchev–Trinajstić information content (AvgIpc) is 2.87. The molecular weight excluding hydrogens is 392 g/mol. The van der Waals surface area contributed by atoms with Crippen LogP contribution in [-0.4, -0.2) is 4.98 Å². The fourth-order valence-electron chi connectivity index (χ4n) is 4.88. The molecular formula is C28H12N4. The van der Waals surface area contributed by atoms with Crippen molar-refractivity contribution in [3.8, 4) is 0 Å². The molecule has 0 atom stereocenters. The van der Waals surface area contributed by atoms with Crippen LogP contribution >= 0.6 is 0 Å². The van der Waals surface area contributed by atoms with E-state index in [1.807, 2.05) is 36.4 Å². The van der Waals surface area contributed by atoms with Gasteiger partial charge in [-0.05, 0) is 43.8 Å². The predicted octanol–water partition coefficient (Wildman–Crippen LogP) is 8.50. The molecule has 0 bridgehead atoms. The molecule has 4 heteroatoms. The topological polar surface area (TPSA) is 26.0 Å². The summed E-state index contributed by atoms with van der Waals surface area (Å²) in [4.78, 5) is 15.7. The first-order chi connectivity index (χ1) is 15.8. The Morgan fingerprint density at radius 3 is 1.75 bits per heavy atom. The number of rotatable bonds is 0.